The van der Waals surface area contributed by atoms with Crippen LogP contribution < -0.4 is 0 Å². The van der Waals surface area contributed by atoms with E-state index in [1.54, 1.807) is 6.20 Å². The largest absolute Gasteiger partial charge is 0.286 e. The lowest BCUT2D eigenvalue weighted by Crippen LogP contribution is -2.05. The van der Waals surface area contributed by atoms with E-state index < -0.39 is 0 Å². The molecule has 0 amide bonds. The van der Waals surface area contributed by atoms with Crippen molar-refractivity contribution in [2.45, 2.75) is 13.8 Å². The Morgan fingerprint density at radius 2 is 2.19 bits per heavy atom. The molecule has 0 aliphatic heterocycles. The van der Waals surface area contributed by atoms with Gasteiger partial charge in [-0.2, -0.15) is 0 Å². The van der Waals surface area contributed by atoms with Gasteiger partial charge in [-0.05, 0) is 52.4 Å². The third-order valence-electron chi connectivity index (χ3n) is 2.25. The Balaban J connectivity index is 2.46. The van der Waals surface area contributed by atoms with E-state index in [0.717, 1.165) is 15.6 Å². The highest BCUT2D eigenvalue weighted by molar-refractivity contribution is 9.10. The Kier molecular flexibility index (Phi) is 3.21. The van der Waals surface area contributed by atoms with Crippen molar-refractivity contribution in [2.24, 2.45) is 0 Å². The summed E-state index contributed by atoms with van der Waals surface area (Å²) in [5, 5.41) is 1.89. The average Bonchev–Trinajstić information content (AvgIpc) is 2.63. The lowest BCUT2D eigenvalue weighted by atomic mass is 10.1. The zero-order chi connectivity index (χ0) is 11.7. The van der Waals surface area contributed by atoms with E-state index >= 15 is 0 Å². The van der Waals surface area contributed by atoms with Gasteiger partial charge in [0.2, 0.25) is 5.78 Å². The van der Waals surface area contributed by atoms with E-state index in [9.17, 15) is 4.79 Å². The molecule has 0 aromatic carbocycles. The topological polar surface area (TPSA) is 30.0 Å². The minimum Gasteiger partial charge on any atom is -0.286 e. The summed E-state index contributed by atoms with van der Waals surface area (Å²) in [5.74, 6) is -0.0145. The van der Waals surface area contributed by atoms with Crippen LogP contribution in [0.25, 0.3) is 0 Å². The molecule has 0 bridgehead atoms. The van der Waals surface area contributed by atoms with Gasteiger partial charge in [0.1, 0.15) is 5.69 Å². The van der Waals surface area contributed by atoms with Gasteiger partial charge in [-0.25, -0.2) is 0 Å². The molecule has 0 aliphatic rings. The van der Waals surface area contributed by atoms with Gasteiger partial charge >= 0.3 is 0 Å². The number of hydrogen-bond acceptors (Lipinski definition) is 3. The first kappa shape index (κ1) is 11.5. The SMILES string of the molecule is Cc1cnc(C(=O)c2sccc2Br)c(C)c1. The smallest absolute Gasteiger partial charge is 0.222 e. The normalized spacial score (nSPS) is 10.4. The number of halogens is 1. The maximum atomic E-state index is 12.2. The van der Waals surface area contributed by atoms with Gasteiger partial charge < -0.3 is 0 Å². The lowest BCUT2D eigenvalue weighted by Gasteiger charge is -2.03. The van der Waals surface area contributed by atoms with Crippen molar-refractivity contribution in [3.05, 3.63) is 49.9 Å². The molecule has 0 fully saturated rings. The molecule has 2 nitrogen and oxygen atoms in total. The van der Waals surface area contributed by atoms with Crippen LogP contribution in [0.2, 0.25) is 0 Å². The van der Waals surface area contributed by atoms with Crippen LogP contribution >= 0.6 is 27.3 Å². The van der Waals surface area contributed by atoms with Crippen molar-refractivity contribution in [1.82, 2.24) is 4.98 Å². The van der Waals surface area contributed by atoms with Crippen molar-refractivity contribution in [1.29, 1.82) is 0 Å². The molecule has 2 rings (SSSR count). The molecule has 0 N–H and O–H groups in total. The zero-order valence-corrected chi connectivity index (χ0v) is 11.4. The van der Waals surface area contributed by atoms with Gasteiger partial charge in [-0.3, -0.25) is 9.78 Å². The first-order chi connectivity index (χ1) is 7.59. The number of pyridine rings is 1. The van der Waals surface area contributed by atoms with Crippen LogP contribution in [0.15, 0.2) is 28.2 Å². The Morgan fingerprint density at radius 3 is 2.75 bits per heavy atom. The molecule has 2 heterocycles. The number of aromatic nitrogens is 1. The van der Waals surface area contributed by atoms with Crippen LogP contribution in [0.5, 0.6) is 0 Å². The van der Waals surface area contributed by atoms with Gasteiger partial charge in [0.15, 0.2) is 0 Å². The fourth-order valence-corrected chi connectivity index (χ4v) is 3.01. The summed E-state index contributed by atoms with van der Waals surface area (Å²) < 4.78 is 0.837. The monoisotopic (exact) mass is 295 g/mol. The molecule has 0 atom stereocenters. The van der Waals surface area contributed by atoms with E-state index in [0.29, 0.717) is 10.6 Å². The summed E-state index contributed by atoms with van der Waals surface area (Å²) >= 11 is 4.79. The van der Waals surface area contributed by atoms with Crippen LogP contribution in [0, 0.1) is 13.8 Å². The maximum absolute atomic E-state index is 12.2. The van der Waals surface area contributed by atoms with E-state index in [1.165, 1.54) is 11.3 Å². The molecule has 0 radical (unpaired) electrons. The van der Waals surface area contributed by atoms with E-state index in [-0.39, 0.29) is 5.78 Å². The second-order valence-electron chi connectivity index (χ2n) is 3.60. The fourth-order valence-electron chi connectivity index (χ4n) is 1.52. The number of ketones is 1. The van der Waals surface area contributed by atoms with Crippen molar-refractivity contribution in [3.8, 4) is 0 Å². The lowest BCUT2D eigenvalue weighted by molar-refractivity contribution is 0.103. The van der Waals surface area contributed by atoms with Gasteiger partial charge in [0.25, 0.3) is 0 Å². The molecule has 0 saturated carbocycles. The second-order valence-corrected chi connectivity index (χ2v) is 5.38. The maximum Gasteiger partial charge on any atom is 0.222 e. The van der Waals surface area contributed by atoms with Crippen molar-refractivity contribution < 1.29 is 4.79 Å². The molecule has 2 aromatic heterocycles. The summed E-state index contributed by atoms with van der Waals surface area (Å²) in [6.07, 6.45) is 1.72. The summed E-state index contributed by atoms with van der Waals surface area (Å²) in [7, 11) is 0. The summed E-state index contributed by atoms with van der Waals surface area (Å²) in [6, 6.07) is 3.85. The van der Waals surface area contributed by atoms with E-state index in [2.05, 4.69) is 20.9 Å². The summed E-state index contributed by atoms with van der Waals surface area (Å²) in [4.78, 5) is 17.1. The second kappa shape index (κ2) is 4.47. The van der Waals surface area contributed by atoms with Crippen molar-refractivity contribution >= 4 is 33.0 Å². The number of carbonyl (C=O) groups excluding carboxylic acids is 1. The quantitative estimate of drug-likeness (QED) is 0.790. The van der Waals surface area contributed by atoms with Crippen LogP contribution in [-0.4, -0.2) is 10.8 Å². The Morgan fingerprint density at radius 1 is 1.44 bits per heavy atom. The van der Waals surface area contributed by atoms with E-state index in [1.807, 2.05) is 31.4 Å². The van der Waals surface area contributed by atoms with Crippen LogP contribution in [-0.2, 0) is 0 Å². The highest BCUT2D eigenvalue weighted by Crippen LogP contribution is 2.25. The number of rotatable bonds is 2. The van der Waals surface area contributed by atoms with Gasteiger partial charge in [-0.15, -0.1) is 11.3 Å². The number of aryl methyl sites for hydroxylation is 2. The summed E-state index contributed by atoms with van der Waals surface area (Å²) in [6.45, 7) is 3.88. The Bertz CT molecular complexity index is 548. The predicted octanol–water partition coefficient (Wildman–Crippen LogP) is 3.75. The minimum atomic E-state index is -0.0145. The first-order valence-corrected chi connectivity index (χ1v) is 6.48. The van der Waals surface area contributed by atoms with E-state index in [4.69, 9.17) is 0 Å². The minimum absolute atomic E-state index is 0.0145. The van der Waals surface area contributed by atoms with Gasteiger partial charge in [-0.1, -0.05) is 6.07 Å². The highest BCUT2D eigenvalue weighted by Gasteiger charge is 2.17. The zero-order valence-electron chi connectivity index (χ0n) is 8.95. The van der Waals surface area contributed by atoms with Crippen LogP contribution in [0.3, 0.4) is 0 Å². The number of hydrogen-bond donors (Lipinski definition) is 0. The molecule has 82 valence electrons. The van der Waals surface area contributed by atoms with Gasteiger partial charge in [0.05, 0.1) is 4.88 Å². The van der Waals surface area contributed by atoms with Crippen LogP contribution in [0.4, 0.5) is 0 Å². The first-order valence-electron chi connectivity index (χ1n) is 4.80. The number of nitrogens with zero attached hydrogens (tertiary/aromatic N) is 1. The number of carbonyl (C=O) groups is 1. The molecule has 0 spiro atoms. The van der Waals surface area contributed by atoms with Crippen molar-refractivity contribution in [2.75, 3.05) is 0 Å². The Hall–Kier alpha value is -1.00. The highest BCUT2D eigenvalue weighted by atomic mass is 79.9. The third kappa shape index (κ3) is 2.08. The standard InChI is InChI=1S/C12H10BrNOS/c1-7-5-8(2)10(14-6-7)11(15)12-9(13)3-4-16-12/h3-6H,1-2H3. The Labute approximate surface area is 106 Å². The molecule has 0 unspecified atom stereocenters. The fraction of sp³-hybridized carbons (Fsp3) is 0.167. The molecule has 4 heteroatoms. The molecule has 16 heavy (non-hydrogen) atoms. The molecule has 0 aliphatic carbocycles. The summed E-state index contributed by atoms with van der Waals surface area (Å²) in [5.41, 5.74) is 2.53. The molecule has 0 saturated heterocycles. The predicted molar refractivity (Wildman–Crippen MR) is 69.2 cm³/mol. The molecular weight excluding hydrogens is 286 g/mol. The third-order valence-corrected chi connectivity index (χ3v) is 4.09. The van der Waals surface area contributed by atoms with Crippen LogP contribution in [0.1, 0.15) is 26.5 Å². The van der Waals surface area contributed by atoms with Gasteiger partial charge in [0, 0.05) is 10.7 Å². The van der Waals surface area contributed by atoms with Crippen molar-refractivity contribution in [3.63, 3.8) is 0 Å². The molecule has 2 aromatic rings. The number of thiophene rings is 1. The molecular formula is C12H10BrNOS. The average molecular weight is 296 g/mol.